The number of nitrogens with two attached hydrogens (primary N) is 1. The summed E-state index contributed by atoms with van der Waals surface area (Å²) in [4.78, 5) is 14.6. The number of halogens is 1. The Morgan fingerprint density at radius 2 is 2.00 bits per heavy atom. The minimum atomic E-state index is -1.02. The summed E-state index contributed by atoms with van der Waals surface area (Å²) in [7, 11) is 0. The van der Waals surface area contributed by atoms with Gasteiger partial charge in [-0.1, -0.05) is 23.7 Å². The molecule has 0 fully saturated rings. The summed E-state index contributed by atoms with van der Waals surface area (Å²) in [6.07, 6.45) is 0.504. The van der Waals surface area contributed by atoms with Crippen molar-refractivity contribution in [3.8, 4) is 0 Å². The molecule has 0 aliphatic heterocycles. The summed E-state index contributed by atoms with van der Waals surface area (Å²) in [5.41, 5.74) is 6.05. The highest BCUT2D eigenvalue weighted by molar-refractivity contribution is 6.32. The van der Waals surface area contributed by atoms with Crippen LogP contribution < -0.4 is 16.4 Å². The fourth-order valence-corrected chi connectivity index (χ4v) is 2.40. The normalized spacial score (nSPS) is 12.0. The molecule has 0 aliphatic carbocycles. The second-order valence-electron chi connectivity index (χ2n) is 5.31. The van der Waals surface area contributed by atoms with Crippen LogP contribution in [0, 0.1) is 10.1 Å². The van der Waals surface area contributed by atoms with E-state index >= 15 is 0 Å². The first-order valence-electron chi connectivity index (χ1n) is 7.75. The van der Waals surface area contributed by atoms with E-state index < -0.39 is 11.0 Å². The predicted octanol–water partition coefficient (Wildman–Crippen LogP) is 1.69. The lowest BCUT2D eigenvalue weighted by Crippen LogP contribution is -2.27. The Morgan fingerprint density at radius 3 is 2.64 bits per heavy atom. The molecule has 0 saturated heterocycles. The average Bonchev–Trinajstić information content (AvgIpc) is 2.61. The van der Waals surface area contributed by atoms with Gasteiger partial charge in [-0.25, -0.2) is 4.98 Å². The van der Waals surface area contributed by atoms with Crippen LogP contribution in [0.25, 0.3) is 0 Å². The number of hydrogen-bond donors (Lipinski definition) is 4. The zero-order chi connectivity index (χ0) is 18.2. The highest BCUT2D eigenvalue weighted by atomic mass is 35.5. The van der Waals surface area contributed by atoms with Gasteiger partial charge in [0.25, 0.3) is 5.69 Å². The topological polar surface area (TPSA) is 126 Å². The van der Waals surface area contributed by atoms with Crippen LogP contribution in [0.5, 0.6) is 0 Å². The number of nitro groups is 1. The van der Waals surface area contributed by atoms with E-state index in [0.29, 0.717) is 30.0 Å². The summed E-state index contributed by atoms with van der Waals surface area (Å²) in [6, 6.07) is 7.67. The Hall–Kier alpha value is -2.26. The summed E-state index contributed by atoms with van der Waals surface area (Å²) in [5.74, 6) is 0.674. The van der Waals surface area contributed by atoms with Gasteiger partial charge >= 0.3 is 0 Å². The Kier molecular flexibility index (Phi) is 7.08. The molecule has 1 aromatic carbocycles. The van der Waals surface area contributed by atoms with Crippen LogP contribution in [0.2, 0.25) is 5.02 Å². The minimum Gasteiger partial charge on any atom is -0.384 e. The van der Waals surface area contributed by atoms with Crippen LogP contribution >= 0.6 is 11.6 Å². The van der Waals surface area contributed by atoms with Crippen LogP contribution in [0.4, 0.5) is 11.5 Å². The van der Waals surface area contributed by atoms with Gasteiger partial charge < -0.3 is 21.5 Å². The number of anilines is 1. The fourth-order valence-electron chi connectivity index (χ4n) is 2.21. The molecule has 8 nitrogen and oxygen atoms in total. The van der Waals surface area contributed by atoms with Crippen molar-refractivity contribution in [1.29, 1.82) is 0 Å². The molecule has 25 heavy (non-hydrogen) atoms. The number of aromatic nitrogens is 1. The standard InChI is InChI=1S/C16H20ClN5O3/c17-13-3-1-11(9-14(13)22(24)25)16(23)12-2-4-15(21-10-12)20-8-7-19-6-5-18/h1-4,9-10,16,19,23H,5-8,18H2,(H,20,21). The van der Waals surface area contributed by atoms with Crippen molar-refractivity contribution < 1.29 is 10.0 Å². The third-order valence-corrected chi connectivity index (χ3v) is 3.83. The van der Waals surface area contributed by atoms with Gasteiger partial charge in [-0.05, 0) is 17.7 Å². The van der Waals surface area contributed by atoms with Crippen molar-refractivity contribution >= 4 is 23.1 Å². The molecule has 0 radical (unpaired) electrons. The van der Waals surface area contributed by atoms with Gasteiger partial charge in [0.1, 0.15) is 16.9 Å². The molecule has 0 aliphatic rings. The molecule has 0 amide bonds. The quantitative estimate of drug-likeness (QED) is 0.302. The number of rotatable bonds is 9. The zero-order valence-electron chi connectivity index (χ0n) is 13.5. The molecule has 2 aromatic rings. The van der Waals surface area contributed by atoms with Gasteiger partial charge in [0.05, 0.1) is 4.92 Å². The van der Waals surface area contributed by atoms with E-state index in [1.54, 1.807) is 18.2 Å². The number of aliphatic hydroxyl groups is 1. The minimum absolute atomic E-state index is 0.0295. The average molecular weight is 366 g/mol. The lowest BCUT2D eigenvalue weighted by molar-refractivity contribution is -0.384. The molecule has 1 aromatic heterocycles. The Bertz CT molecular complexity index is 711. The second-order valence-corrected chi connectivity index (χ2v) is 5.72. The molecule has 134 valence electrons. The number of nitro benzene ring substituents is 1. The van der Waals surface area contributed by atoms with Gasteiger partial charge in [0.2, 0.25) is 0 Å². The third-order valence-electron chi connectivity index (χ3n) is 3.51. The molecule has 5 N–H and O–H groups in total. The fraction of sp³-hybridized carbons (Fsp3) is 0.312. The van der Waals surface area contributed by atoms with Crippen molar-refractivity contribution in [3.05, 3.63) is 62.8 Å². The van der Waals surface area contributed by atoms with Crippen LogP contribution in [0.15, 0.2) is 36.5 Å². The largest absolute Gasteiger partial charge is 0.384 e. The third kappa shape index (κ3) is 5.36. The molecule has 1 atom stereocenters. The summed E-state index contributed by atoms with van der Waals surface area (Å²) in [6.45, 7) is 2.80. The number of nitrogens with zero attached hydrogens (tertiary/aromatic N) is 2. The maximum Gasteiger partial charge on any atom is 0.288 e. The SMILES string of the molecule is NCCNCCNc1ccc(C(O)c2ccc(Cl)c([N+](=O)[O-])c2)cn1. The monoisotopic (exact) mass is 365 g/mol. The molecule has 2 rings (SSSR count). The van der Waals surface area contributed by atoms with Crippen molar-refractivity contribution in [2.75, 3.05) is 31.5 Å². The summed E-state index contributed by atoms with van der Waals surface area (Å²) in [5, 5.41) is 27.7. The van der Waals surface area contributed by atoms with Gasteiger partial charge in [-0.2, -0.15) is 0 Å². The molecule has 0 saturated carbocycles. The number of benzene rings is 1. The first kappa shape index (κ1) is 19.1. The number of aliphatic hydroxyl groups excluding tert-OH is 1. The lowest BCUT2D eigenvalue weighted by Gasteiger charge is -2.12. The number of nitrogens with one attached hydrogen (secondary N) is 2. The van der Waals surface area contributed by atoms with Crippen LogP contribution in [-0.4, -0.2) is 41.2 Å². The molecular weight excluding hydrogens is 346 g/mol. The second kappa shape index (κ2) is 9.28. The predicted molar refractivity (Wildman–Crippen MR) is 96.8 cm³/mol. The molecular formula is C16H20ClN5O3. The number of hydrogen-bond acceptors (Lipinski definition) is 7. The zero-order valence-corrected chi connectivity index (χ0v) is 14.2. The van der Waals surface area contributed by atoms with Crippen LogP contribution in [-0.2, 0) is 0 Å². The Morgan fingerprint density at radius 1 is 1.24 bits per heavy atom. The van der Waals surface area contributed by atoms with E-state index in [4.69, 9.17) is 17.3 Å². The van der Waals surface area contributed by atoms with E-state index in [0.717, 1.165) is 13.1 Å². The van der Waals surface area contributed by atoms with Crippen molar-refractivity contribution in [1.82, 2.24) is 10.3 Å². The first-order valence-corrected chi connectivity index (χ1v) is 8.13. The van der Waals surface area contributed by atoms with E-state index in [9.17, 15) is 15.2 Å². The van der Waals surface area contributed by atoms with E-state index in [-0.39, 0.29) is 10.7 Å². The highest BCUT2D eigenvalue weighted by Gasteiger charge is 2.18. The van der Waals surface area contributed by atoms with Gasteiger partial charge in [0, 0.05) is 44.0 Å². The van der Waals surface area contributed by atoms with Gasteiger partial charge in [-0.3, -0.25) is 10.1 Å². The highest BCUT2D eigenvalue weighted by Crippen LogP contribution is 2.30. The smallest absolute Gasteiger partial charge is 0.288 e. The van der Waals surface area contributed by atoms with Crippen molar-refractivity contribution in [2.45, 2.75) is 6.10 Å². The molecule has 0 spiro atoms. The molecule has 9 heteroatoms. The Labute approximate surface area is 150 Å². The van der Waals surface area contributed by atoms with Gasteiger partial charge in [0.15, 0.2) is 0 Å². The first-order chi connectivity index (χ1) is 12.0. The van der Waals surface area contributed by atoms with Crippen molar-refractivity contribution in [3.63, 3.8) is 0 Å². The maximum absolute atomic E-state index is 11.0. The van der Waals surface area contributed by atoms with Gasteiger partial charge in [-0.15, -0.1) is 0 Å². The molecule has 0 bridgehead atoms. The molecule has 1 unspecified atom stereocenters. The van der Waals surface area contributed by atoms with Crippen LogP contribution in [0.3, 0.4) is 0 Å². The van der Waals surface area contributed by atoms with E-state index in [1.165, 1.54) is 18.3 Å². The Balaban J connectivity index is 2.01. The summed E-state index contributed by atoms with van der Waals surface area (Å²) < 4.78 is 0. The van der Waals surface area contributed by atoms with Crippen LogP contribution in [0.1, 0.15) is 17.2 Å². The van der Waals surface area contributed by atoms with E-state index in [1.807, 2.05) is 0 Å². The summed E-state index contributed by atoms with van der Waals surface area (Å²) >= 11 is 5.79. The number of pyridine rings is 1. The molecule has 1 heterocycles. The van der Waals surface area contributed by atoms with Crippen molar-refractivity contribution in [2.24, 2.45) is 5.73 Å². The lowest BCUT2D eigenvalue weighted by atomic mass is 10.0. The maximum atomic E-state index is 11.0. The van der Waals surface area contributed by atoms with E-state index in [2.05, 4.69) is 15.6 Å².